The van der Waals surface area contributed by atoms with Gasteiger partial charge in [-0.25, -0.2) is 4.79 Å². The molecule has 0 bridgehead atoms. The molecule has 4 nitrogen and oxygen atoms in total. The summed E-state index contributed by atoms with van der Waals surface area (Å²) in [6.07, 6.45) is 0.424. The minimum absolute atomic E-state index is 0.424. The second-order valence-electron chi connectivity index (χ2n) is 4.46. The van der Waals surface area contributed by atoms with Gasteiger partial charge in [-0.1, -0.05) is 36.4 Å². The van der Waals surface area contributed by atoms with Crippen molar-refractivity contribution >= 4 is 11.7 Å². The maximum absolute atomic E-state index is 11.4. The lowest BCUT2D eigenvalue weighted by atomic mass is 10.1. The van der Waals surface area contributed by atoms with Crippen molar-refractivity contribution in [2.45, 2.75) is 12.5 Å². The van der Waals surface area contributed by atoms with E-state index < -0.39 is 12.0 Å². The van der Waals surface area contributed by atoms with Crippen LogP contribution in [-0.2, 0) is 11.2 Å². The number of anilines is 1. The quantitative estimate of drug-likeness (QED) is 0.848. The first-order chi connectivity index (χ1) is 9.69. The van der Waals surface area contributed by atoms with Crippen molar-refractivity contribution < 1.29 is 14.6 Å². The SMILES string of the molecule is COc1cccc(N[C@@H](Cc2ccccc2)C(=O)O)c1. The largest absolute Gasteiger partial charge is 0.497 e. The van der Waals surface area contributed by atoms with Crippen LogP contribution < -0.4 is 10.1 Å². The number of carbonyl (C=O) groups is 1. The molecule has 1 atom stereocenters. The summed E-state index contributed by atoms with van der Waals surface area (Å²) in [6, 6.07) is 16.1. The molecule has 0 aromatic heterocycles. The molecule has 0 fully saturated rings. The molecule has 0 spiro atoms. The van der Waals surface area contributed by atoms with Gasteiger partial charge in [0.1, 0.15) is 11.8 Å². The fraction of sp³-hybridized carbons (Fsp3) is 0.188. The number of hydrogen-bond donors (Lipinski definition) is 2. The van der Waals surface area contributed by atoms with E-state index in [9.17, 15) is 9.90 Å². The van der Waals surface area contributed by atoms with Gasteiger partial charge in [-0.2, -0.15) is 0 Å². The first kappa shape index (κ1) is 13.9. The molecule has 4 heteroatoms. The van der Waals surface area contributed by atoms with Gasteiger partial charge in [0.25, 0.3) is 0 Å². The van der Waals surface area contributed by atoms with Crippen molar-refractivity contribution in [1.82, 2.24) is 0 Å². The van der Waals surface area contributed by atoms with E-state index in [-0.39, 0.29) is 0 Å². The topological polar surface area (TPSA) is 58.6 Å². The Bertz CT molecular complexity index is 569. The van der Waals surface area contributed by atoms with Crippen molar-refractivity contribution in [1.29, 1.82) is 0 Å². The Morgan fingerprint density at radius 2 is 1.95 bits per heavy atom. The van der Waals surface area contributed by atoms with Gasteiger partial charge in [-0.15, -0.1) is 0 Å². The van der Waals surface area contributed by atoms with Crippen molar-refractivity contribution in [3.05, 3.63) is 60.2 Å². The predicted molar refractivity (Wildman–Crippen MR) is 78.2 cm³/mol. The summed E-state index contributed by atoms with van der Waals surface area (Å²) in [5.41, 5.74) is 1.71. The molecule has 0 radical (unpaired) electrons. The first-order valence-corrected chi connectivity index (χ1v) is 6.36. The van der Waals surface area contributed by atoms with Crippen LogP contribution in [0.15, 0.2) is 54.6 Å². The molecule has 2 aromatic carbocycles. The molecule has 0 amide bonds. The Balaban J connectivity index is 2.11. The van der Waals surface area contributed by atoms with Crippen LogP contribution >= 0.6 is 0 Å². The van der Waals surface area contributed by atoms with Crippen LogP contribution in [0.1, 0.15) is 5.56 Å². The molecule has 0 aliphatic rings. The lowest BCUT2D eigenvalue weighted by molar-refractivity contribution is -0.137. The zero-order valence-corrected chi connectivity index (χ0v) is 11.2. The van der Waals surface area contributed by atoms with E-state index >= 15 is 0 Å². The average Bonchev–Trinajstić information content (AvgIpc) is 2.48. The van der Waals surface area contributed by atoms with Crippen LogP contribution in [0.25, 0.3) is 0 Å². The smallest absolute Gasteiger partial charge is 0.326 e. The van der Waals surface area contributed by atoms with Gasteiger partial charge in [0, 0.05) is 18.2 Å². The minimum Gasteiger partial charge on any atom is -0.497 e. The molecule has 2 rings (SSSR count). The molecule has 104 valence electrons. The number of methoxy groups -OCH3 is 1. The third-order valence-electron chi connectivity index (χ3n) is 2.99. The number of ether oxygens (including phenoxy) is 1. The van der Waals surface area contributed by atoms with Crippen LogP contribution in [-0.4, -0.2) is 24.2 Å². The van der Waals surface area contributed by atoms with E-state index in [4.69, 9.17) is 4.74 Å². The zero-order valence-electron chi connectivity index (χ0n) is 11.2. The fourth-order valence-electron chi connectivity index (χ4n) is 1.96. The van der Waals surface area contributed by atoms with Gasteiger partial charge in [-0.3, -0.25) is 0 Å². The van der Waals surface area contributed by atoms with Crippen molar-refractivity contribution in [3.63, 3.8) is 0 Å². The van der Waals surface area contributed by atoms with Gasteiger partial charge < -0.3 is 15.2 Å². The Morgan fingerprint density at radius 3 is 2.60 bits per heavy atom. The van der Waals surface area contributed by atoms with E-state index in [2.05, 4.69) is 5.32 Å². The highest BCUT2D eigenvalue weighted by Gasteiger charge is 2.17. The second-order valence-corrected chi connectivity index (χ2v) is 4.46. The van der Waals surface area contributed by atoms with Crippen LogP contribution in [0, 0.1) is 0 Å². The van der Waals surface area contributed by atoms with E-state index in [1.54, 1.807) is 13.2 Å². The number of carboxylic acids is 1. The third-order valence-corrected chi connectivity index (χ3v) is 2.99. The van der Waals surface area contributed by atoms with Crippen LogP contribution in [0.2, 0.25) is 0 Å². The van der Waals surface area contributed by atoms with E-state index in [1.807, 2.05) is 48.5 Å². The van der Waals surface area contributed by atoms with Gasteiger partial charge in [0.15, 0.2) is 0 Å². The Kier molecular flexibility index (Phi) is 4.60. The number of rotatable bonds is 6. The number of aliphatic carboxylic acids is 1. The molecular formula is C16H17NO3. The number of benzene rings is 2. The maximum Gasteiger partial charge on any atom is 0.326 e. The highest BCUT2D eigenvalue weighted by Crippen LogP contribution is 2.18. The summed E-state index contributed by atoms with van der Waals surface area (Å²) >= 11 is 0. The summed E-state index contributed by atoms with van der Waals surface area (Å²) in [5, 5.41) is 12.4. The third kappa shape index (κ3) is 3.75. The van der Waals surface area contributed by atoms with Crippen molar-refractivity contribution in [3.8, 4) is 5.75 Å². The summed E-state index contributed by atoms with van der Waals surface area (Å²) in [7, 11) is 1.58. The first-order valence-electron chi connectivity index (χ1n) is 6.36. The Labute approximate surface area is 118 Å². The number of carboxylic acid groups (broad SMARTS) is 1. The Hall–Kier alpha value is -2.49. The standard InChI is InChI=1S/C16H17NO3/c1-20-14-9-5-8-13(11-14)17-15(16(18)19)10-12-6-3-2-4-7-12/h2-9,11,15,17H,10H2,1H3,(H,18,19)/t15-/m0/s1. The molecule has 2 aromatic rings. The highest BCUT2D eigenvalue weighted by molar-refractivity contribution is 5.77. The van der Waals surface area contributed by atoms with E-state index in [0.29, 0.717) is 12.2 Å². The molecule has 0 heterocycles. The minimum atomic E-state index is -0.878. The van der Waals surface area contributed by atoms with E-state index in [0.717, 1.165) is 11.3 Å². The van der Waals surface area contributed by atoms with Gasteiger partial charge in [0.2, 0.25) is 0 Å². The van der Waals surface area contributed by atoms with Crippen molar-refractivity contribution in [2.75, 3.05) is 12.4 Å². The molecular weight excluding hydrogens is 254 g/mol. The van der Waals surface area contributed by atoms with Crippen molar-refractivity contribution in [2.24, 2.45) is 0 Å². The molecule has 2 N–H and O–H groups in total. The van der Waals surface area contributed by atoms with Crippen LogP contribution in [0.5, 0.6) is 5.75 Å². The molecule has 0 aliphatic carbocycles. The lowest BCUT2D eigenvalue weighted by Gasteiger charge is -2.16. The fourth-order valence-corrected chi connectivity index (χ4v) is 1.96. The highest BCUT2D eigenvalue weighted by atomic mass is 16.5. The predicted octanol–water partition coefficient (Wildman–Crippen LogP) is 2.80. The maximum atomic E-state index is 11.4. The summed E-state index contributed by atoms with van der Waals surface area (Å²) < 4.78 is 5.13. The monoisotopic (exact) mass is 271 g/mol. The van der Waals surface area contributed by atoms with Gasteiger partial charge in [0.05, 0.1) is 7.11 Å². The zero-order chi connectivity index (χ0) is 14.4. The van der Waals surface area contributed by atoms with Gasteiger partial charge >= 0.3 is 5.97 Å². The van der Waals surface area contributed by atoms with Crippen LogP contribution in [0.4, 0.5) is 5.69 Å². The van der Waals surface area contributed by atoms with Crippen LogP contribution in [0.3, 0.4) is 0 Å². The lowest BCUT2D eigenvalue weighted by Crippen LogP contribution is -2.31. The number of hydrogen-bond acceptors (Lipinski definition) is 3. The molecule has 0 aliphatic heterocycles. The normalized spacial score (nSPS) is 11.7. The number of nitrogens with one attached hydrogen (secondary N) is 1. The molecule has 0 saturated carbocycles. The summed E-state index contributed by atoms with van der Waals surface area (Å²) in [4.78, 5) is 11.4. The summed E-state index contributed by atoms with van der Waals surface area (Å²) in [5.74, 6) is -0.185. The summed E-state index contributed by atoms with van der Waals surface area (Å²) in [6.45, 7) is 0. The second kappa shape index (κ2) is 6.61. The van der Waals surface area contributed by atoms with Gasteiger partial charge in [-0.05, 0) is 17.7 Å². The molecule has 0 unspecified atom stereocenters. The Morgan fingerprint density at radius 1 is 1.20 bits per heavy atom. The molecule has 20 heavy (non-hydrogen) atoms. The average molecular weight is 271 g/mol. The van der Waals surface area contributed by atoms with E-state index in [1.165, 1.54) is 0 Å². The molecule has 0 saturated heterocycles.